The topological polar surface area (TPSA) is 58.4 Å². The predicted octanol–water partition coefficient (Wildman–Crippen LogP) is 3.07. The van der Waals surface area contributed by atoms with E-state index in [-0.39, 0.29) is 5.82 Å². The van der Waals surface area contributed by atoms with Gasteiger partial charge in [0.05, 0.1) is 11.4 Å². The summed E-state index contributed by atoms with van der Waals surface area (Å²) in [5, 5.41) is 14.0. The zero-order chi connectivity index (χ0) is 17.3. The van der Waals surface area contributed by atoms with Crippen molar-refractivity contribution < 1.29 is 14.3 Å². The van der Waals surface area contributed by atoms with E-state index in [1.54, 1.807) is 16.8 Å². The van der Waals surface area contributed by atoms with Gasteiger partial charge in [-0.1, -0.05) is 6.42 Å². The second kappa shape index (κ2) is 6.73. The van der Waals surface area contributed by atoms with E-state index in [2.05, 4.69) is 5.10 Å². The minimum atomic E-state index is -0.754. The van der Waals surface area contributed by atoms with E-state index >= 15 is 0 Å². The summed E-state index contributed by atoms with van der Waals surface area (Å²) in [5.74, 6) is -1.03. The maximum absolute atomic E-state index is 13.1. The molecule has 1 aromatic heterocycles. The maximum atomic E-state index is 13.1. The average molecular weight is 331 g/mol. The van der Waals surface area contributed by atoms with Gasteiger partial charge in [-0.25, -0.2) is 9.07 Å². The number of likely N-dealkylation sites (tertiary alicyclic amines) is 1. The minimum Gasteiger partial charge on any atom is -0.480 e. The van der Waals surface area contributed by atoms with Crippen LogP contribution in [0.25, 0.3) is 5.69 Å². The van der Waals surface area contributed by atoms with Crippen molar-refractivity contribution in [1.29, 1.82) is 0 Å². The van der Waals surface area contributed by atoms with Gasteiger partial charge in [-0.2, -0.15) is 5.10 Å². The number of halogens is 1. The van der Waals surface area contributed by atoms with E-state index in [0.717, 1.165) is 42.0 Å². The van der Waals surface area contributed by atoms with Crippen LogP contribution >= 0.6 is 0 Å². The number of hydrogen-bond donors (Lipinski definition) is 1. The number of benzene rings is 1. The molecule has 5 nitrogen and oxygen atoms in total. The van der Waals surface area contributed by atoms with Gasteiger partial charge in [0.25, 0.3) is 0 Å². The lowest BCUT2D eigenvalue weighted by Gasteiger charge is -2.32. The fourth-order valence-electron chi connectivity index (χ4n) is 3.40. The van der Waals surface area contributed by atoms with Gasteiger partial charge in [-0.05, 0) is 57.5 Å². The van der Waals surface area contributed by atoms with Crippen LogP contribution in [-0.4, -0.2) is 38.3 Å². The Bertz CT molecular complexity index is 739. The number of carboxylic acid groups (broad SMARTS) is 1. The largest absolute Gasteiger partial charge is 0.480 e. The van der Waals surface area contributed by atoms with Crippen LogP contribution in [-0.2, 0) is 11.3 Å². The lowest BCUT2D eigenvalue weighted by molar-refractivity contribution is -0.144. The molecule has 0 radical (unpaired) electrons. The quantitative estimate of drug-likeness (QED) is 0.935. The number of piperidine rings is 1. The third-order valence-electron chi connectivity index (χ3n) is 4.77. The Balaban J connectivity index is 1.89. The first-order valence-corrected chi connectivity index (χ1v) is 8.25. The fraction of sp³-hybridized carbons (Fsp3) is 0.444. The molecule has 2 aromatic rings. The molecule has 3 rings (SSSR count). The summed E-state index contributed by atoms with van der Waals surface area (Å²) in [6.07, 6.45) is 2.67. The summed E-state index contributed by atoms with van der Waals surface area (Å²) in [6.45, 7) is 5.27. The zero-order valence-electron chi connectivity index (χ0n) is 14.0. The maximum Gasteiger partial charge on any atom is 0.320 e. The van der Waals surface area contributed by atoms with Gasteiger partial charge in [-0.15, -0.1) is 0 Å². The highest BCUT2D eigenvalue weighted by molar-refractivity contribution is 5.73. The van der Waals surface area contributed by atoms with E-state index in [1.807, 2.05) is 18.7 Å². The third-order valence-corrected chi connectivity index (χ3v) is 4.77. The van der Waals surface area contributed by atoms with E-state index in [0.29, 0.717) is 13.0 Å². The number of aryl methyl sites for hydroxylation is 1. The lowest BCUT2D eigenvalue weighted by Crippen LogP contribution is -2.44. The highest BCUT2D eigenvalue weighted by atomic mass is 19.1. The van der Waals surface area contributed by atoms with Gasteiger partial charge in [0.15, 0.2) is 0 Å². The number of aliphatic carboxylic acids is 1. The van der Waals surface area contributed by atoms with E-state index in [9.17, 15) is 14.3 Å². The monoisotopic (exact) mass is 331 g/mol. The summed E-state index contributed by atoms with van der Waals surface area (Å²) in [4.78, 5) is 13.5. The van der Waals surface area contributed by atoms with Crippen LogP contribution in [0.5, 0.6) is 0 Å². The molecule has 1 atom stereocenters. The summed E-state index contributed by atoms with van der Waals surface area (Å²) >= 11 is 0. The van der Waals surface area contributed by atoms with Crippen LogP contribution in [0.3, 0.4) is 0 Å². The van der Waals surface area contributed by atoms with Gasteiger partial charge in [0.1, 0.15) is 11.9 Å². The Morgan fingerprint density at radius 3 is 2.67 bits per heavy atom. The zero-order valence-corrected chi connectivity index (χ0v) is 14.0. The van der Waals surface area contributed by atoms with Gasteiger partial charge < -0.3 is 5.11 Å². The van der Waals surface area contributed by atoms with Crippen LogP contribution in [0.1, 0.15) is 36.2 Å². The molecule has 1 fully saturated rings. The van der Waals surface area contributed by atoms with Crippen molar-refractivity contribution in [3.8, 4) is 5.69 Å². The molecule has 0 spiro atoms. The summed E-state index contributed by atoms with van der Waals surface area (Å²) < 4.78 is 14.9. The molecule has 1 saturated heterocycles. The molecular formula is C18H22FN3O2. The molecule has 128 valence electrons. The molecule has 1 aliphatic heterocycles. The number of hydrogen-bond acceptors (Lipinski definition) is 3. The van der Waals surface area contributed by atoms with Crippen LogP contribution in [0.4, 0.5) is 4.39 Å². The Morgan fingerprint density at radius 1 is 1.29 bits per heavy atom. The predicted molar refractivity (Wildman–Crippen MR) is 88.7 cm³/mol. The average Bonchev–Trinajstić information content (AvgIpc) is 2.84. The second-order valence-corrected chi connectivity index (χ2v) is 6.36. The lowest BCUT2D eigenvalue weighted by atomic mass is 10.0. The molecule has 0 bridgehead atoms. The van der Waals surface area contributed by atoms with E-state index < -0.39 is 12.0 Å². The summed E-state index contributed by atoms with van der Waals surface area (Å²) in [6, 6.07) is 5.79. The van der Waals surface area contributed by atoms with Gasteiger partial charge in [0.2, 0.25) is 0 Å². The summed E-state index contributed by atoms with van der Waals surface area (Å²) in [5.41, 5.74) is 3.70. The molecule has 2 heterocycles. The highest BCUT2D eigenvalue weighted by Gasteiger charge is 2.29. The highest BCUT2D eigenvalue weighted by Crippen LogP contribution is 2.24. The molecule has 0 saturated carbocycles. The standard InChI is InChI=1S/C18H22FN3O2/c1-12-16(11-21-10-4-3-5-17(21)18(23)24)13(2)22(20-12)15-8-6-14(19)7-9-15/h6-9,17H,3-5,10-11H2,1-2H3,(H,23,24). The van der Waals surface area contributed by atoms with Crippen LogP contribution in [0.2, 0.25) is 0 Å². The normalized spacial score (nSPS) is 18.7. The van der Waals surface area contributed by atoms with Gasteiger partial charge in [-0.3, -0.25) is 9.69 Å². The first kappa shape index (κ1) is 16.6. The first-order valence-electron chi connectivity index (χ1n) is 8.25. The molecule has 0 aliphatic carbocycles. The van der Waals surface area contributed by atoms with Crippen LogP contribution < -0.4 is 0 Å². The SMILES string of the molecule is Cc1nn(-c2ccc(F)cc2)c(C)c1CN1CCCCC1C(=O)O. The molecule has 1 N–H and O–H groups in total. The summed E-state index contributed by atoms with van der Waals surface area (Å²) in [7, 11) is 0. The number of rotatable bonds is 4. The van der Waals surface area contributed by atoms with Crippen molar-refractivity contribution in [2.75, 3.05) is 6.54 Å². The number of nitrogens with zero attached hydrogens (tertiary/aromatic N) is 3. The number of carbonyl (C=O) groups is 1. The van der Waals surface area contributed by atoms with Crippen LogP contribution in [0, 0.1) is 19.7 Å². The molecule has 24 heavy (non-hydrogen) atoms. The smallest absolute Gasteiger partial charge is 0.320 e. The fourth-order valence-corrected chi connectivity index (χ4v) is 3.40. The third kappa shape index (κ3) is 3.19. The molecule has 1 aliphatic rings. The van der Waals surface area contributed by atoms with Crippen molar-refractivity contribution in [3.05, 3.63) is 47.0 Å². The molecule has 6 heteroatoms. The minimum absolute atomic E-state index is 0.280. The second-order valence-electron chi connectivity index (χ2n) is 6.36. The number of aromatic nitrogens is 2. The van der Waals surface area contributed by atoms with Crippen molar-refractivity contribution >= 4 is 5.97 Å². The Hall–Kier alpha value is -2.21. The molecule has 0 amide bonds. The van der Waals surface area contributed by atoms with Crippen molar-refractivity contribution in [2.24, 2.45) is 0 Å². The van der Waals surface area contributed by atoms with Crippen LogP contribution in [0.15, 0.2) is 24.3 Å². The van der Waals surface area contributed by atoms with Crippen molar-refractivity contribution in [1.82, 2.24) is 14.7 Å². The molecular weight excluding hydrogens is 309 g/mol. The molecule has 1 aromatic carbocycles. The Morgan fingerprint density at radius 2 is 2.00 bits per heavy atom. The van der Waals surface area contributed by atoms with Crippen molar-refractivity contribution in [2.45, 2.75) is 45.7 Å². The Labute approximate surface area is 140 Å². The van der Waals surface area contributed by atoms with E-state index in [1.165, 1.54) is 12.1 Å². The van der Waals surface area contributed by atoms with Gasteiger partial charge in [0, 0.05) is 17.8 Å². The van der Waals surface area contributed by atoms with Crippen molar-refractivity contribution in [3.63, 3.8) is 0 Å². The first-order chi connectivity index (χ1) is 11.5. The van der Waals surface area contributed by atoms with Gasteiger partial charge >= 0.3 is 5.97 Å². The molecule has 1 unspecified atom stereocenters. The Kier molecular flexibility index (Phi) is 4.66. The number of carboxylic acids is 1. The van der Waals surface area contributed by atoms with E-state index in [4.69, 9.17) is 0 Å².